The molecule has 1 saturated carbocycles. The van der Waals surface area contributed by atoms with Crippen molar-refractivity contribution in [3.8, 4) is 0 Å². The monoisotopic (exact) mass is 426 g/mol. The molecule has 0 radical (unpaired) electrons. The molecule has 1 aliphatic rings. The Labute approximate surface area is 175 Å². The second kappa shape index (κ2) is 8.58. The topological polar surface area (TPSA) is 44.8 Å². The molecule has 0 heterocycles. The zero-order valence-corrected chi connectivity index (χ0v) is 22.0. The summed E-state index contributed by atoms with van der Waals surface area (Å²) in [5, 5.41) is 0.232. The third-order valence-corrected chi connectivity index (χ3v) is 15.8. The van der Waals surface area contributed by atoms with Crippen molar-refractivity contribution in [3.63, 3.8) is 0 Å². The van der Waals surface area contributed by atoms with E-state index in [0.29, 0.717) is 6.42 Å². The summed E-state index contributed by atoms with van der Waals surface area (Å²) in [6.07, 6.45) is 2.93. The van der Waals surface area contributed by atoms with Crippen LogP contribution in [0.15, 0.2) is 23.8 Å². The van der Waals surface area contributed by atoms with Crippen molar-refractivity contribution < 1.29 is 18.4 Å². The summed E-state index contributed by atoms with van der Waals surface area (Å²) in [4.78, 5) is 11.9. The van der Waals surface area contributed by atoms with Gasteiger partial charge in [-0.1, -0.05) is 48.1 Å². The van der Waals surface area contributed by atoms with Crippen LogP contribution in [0, 0.1) is 0 Å². The zero-order valence-electron chi connectivity index (χ0n) is 20.0. The highest BCUT2D eigenvalue weighted by atomic mass is 28.4. The molecule has 0 spiro atoms. The summed E-state index contributed by atoms with van der Waals surface area (Å²) in [6, 6.07) is 0. The number of hydrogen-bond acceptors (Lipinski definition) is 4. The lowest BCUT2D eigenvalue weighted by atomic mass is 9.86. The van der Waals surface area contributed by atoms with Crippen LogP contribution in [0.3, 0.4) is 0 Å². The Morgan fingerprint density at radius 3 is 1.89 bits per heavy atom. The quantitative estimate of drug-likeness (QED) is 0.297. The Morgan fingerprint density at radius 1 is 1.00 bits per heavy atom. The number of carbonyl (C=O) groups excluding carboxylic acids is 1. The van der Waals surface area contributed by atoms with Crippen molar-refractivity contribution in [2.24, 2.45) is 0 Å². The van der Waals surface area contributed by atoms with Gasteiger partial charge in [-0.2, -0.15) is 0 Å². The fourth-order valence-corrected chi connectivity index (χ4v) is 5.40. The number of ether oxygens (including phenoxy) is 1. The van der Waals surface area contributed by atoms with E-state index in [1.54, 1.807) is 6.08 Å². The van der Waals surface area contributed by atoms with Crippen LogP contribution in [0.1, 0.15) is 54.4 Å². The van der Waals surface area contributed by atoms with E-state index in [1.807, 2.05) is 0 Å². The van der Waals surface area contributed by atoms with Gasteiger partial charge in [-0.05, 0) is 53.8 Å². The van der Waals surface area contributed by atoms with Crippen LogP contribution in [0.25, 0.3) is 0 Å². The van der Waals surface area contributed by atoms with Crippen molar-refractivity contribution in [3.05, 3.63) is 23.8 Å². The Balaban J connectivity index is 3.20. The second-order valence-corrected chi connectivity index (χ2v) is 20.5. The number of esters is 1. The summed E-state index contributed by atoms with van der Waals surface area (Å²) < 4.78 is 18.3. The van der Waals surface area contributed by atoms with Gasteiger partial charge in [0.2, 0.25) is 0 Å². The van der Waals surface area contributed by atoms with Crippen LogP contribution in [-0.2, 0) is 18.4 Å². The summed E-state index contributed by atoms with van der Waals surface area (Å²) >= 11 is 0. The first-order valence-corrected chi connectivity index (χ1v) is 16.1. The van der Waals surface area contributed by atoms with E-state index >= 15 is 0 Å². The molecule has 28 heavy (non-hydrogen) atoms. The minimum atomic E-state index is -1.99. The first-order valence-electron chi connectivity index (χ1n) is 10.2. The van der Waals surface area contributed by atoms with E-state index in [-0.39, 0.29) is 28.3 Å². The molecule has 4 nitrogen and oxygen atoms in total. The number of hydrogen-bond donors (Lipinski definition) is 0. The molecule has 0 unspecified atom stereocenters. The Morgan fingerprint density at radius 2 is 1.46 bits per heavy atom. The third kappa shape index (κ3) is 6.15. The van der Waals surface area contributed by atoms with Crippen LogP contribution >= 0.6 is 0 Å². The van der Waals surface area contributed by atoms with Crippen molar-refractivity contribution in [2.45, 2.75) is 103 Å². The molecule has 6 heteroatoms. The maximum Gasteiger partial charge on any atom is 0.330 e. The van der Waals surface area contributed by atoms with Crippen LogP contribution in [0.2, 0.25) is 36.3 Å². The molecule has 162 valence electrons. The van der Waals surface area contributed by atoms with Crippen LogP contribution in [-0.4, -0.2) is 41.9 Å². The number of rotatable bonds is 5. The van der Waals surface area contributed by atoms with Crippen LogP contribution in [0.5, 0.6) is 0 Å². The summed E-state index contributed by atoms with van der Waals surface area (Å²) in [7, 11) is -2.52. The lowest BCUT2D eigenvalue weighted by Gasteiger charge is -2.45. The van der Waals surface area contributed by atoms with Crippen molar-refractivity contribution in [1.29, 1.82) is 0 Å². The van der Waals surface area contributed by atoms with Crippen molar-refractivity contribution >= 4 is 22.6 Å². The van der Waals surface area contributed by atoms with Gasteiger partial charge in [0.15, 0.2) is 16.6 Å². The highest BCUT2D eigenvalue weighted by Crippen LogP contribution is 2.44. The molecule has 0 aromatic carbocycles. The van der Waals surface area contributed by atoms with Gasteiger partial charge in [-0.15, -0.1) is 0 Å². The number of methoxy groups -OCH3 is 1. The predicted octanol–water partition coefficient (Wildman–Crippen LogP) is 6.22. The van der Waals surface area contributed by atoms with Crippen LogP contribution in [0.4, 0.5) is 0 Å². The van der Waals surface area contributed by atoms with Gasteiger partial charge in [0, 0.05) is 12.5 Å². The smallest absolute Gasteiger partial charge is 0.330 e. The van der Waals surface area contributed by atoms with E-state index in [1.165, 1.54) is 7.11 Å². The normalized spacial score (nSPS) is 23.8. The predicted molar refractivity (Wildman–Crippen MR) is 123 cm³/mol. The molecule has 0 aromatic heterocycles. The van der Waals surface area contributed by atoms with Gasteiger partial charge in [-0.3, -0.25) is 0 Å². The molecule has 0 N–H and O–H groups in total. The Kier molecular flexibility index (Phi) is 7.77. The average Bonchev–Trinajstić information content (AvgIpc) is 2.48. The molecule has 0 bridgehead atoms. The lowest BCUT2D eigenvalue weighted by Crippen LogP contribution is -2.49. The van der Waals surface area contributed by atoms with Crippen molar-refractivity contribution in [1.82, 2.24) is 0 Å². The molecule has 1 aliphatic carbocycles. The minimum absolute atomic E-state index is 0.0251. The van der Waals surface area contributed by atoms with Gasteiger partial charge >= 0.3 is 5.97 Å². The van der Waals surface area contributed by atoms with E-state index in [2.05, 4.69) is 74.3 Å². The molecule has 1 rings (SSSR count). The standard InChI is InChI=1S/C22H42O4Si2/c1-16-17(14-20(23)24-8)13-18(25-27(9,10)21(2,3)4)15-19(16)26-28(11,12)22(5,6)7/h14,18-19H,1,13,15H2,2-12H3/b17-14-/t18-,19-/m0/s1. The largest absolute Gasteiger partial charge is 0.466 e. The average molecular weight is 427 g/mol. The van der Waals surface area contributed by atoms with E-state index < -0.39 is 16.6 Å². The van der Waals surface area contributed by atoms with Gasteiger partial charge in [-0.25, -0.2) is 4.79 Å². The van der Waals surface area contributed by atoms with Gasteiger partial charge in [0.05, 0.1) is 19.3 Å². The fourth-order valence-electron chi connectivity index (χ4n) is 2.74. The van der Waals surface area contributed by atoms with Gasteiger partial charge < -0.3 is 13.6 Å². The fraction of sp³-hybridized carbons (Fsp3) is 0.773. The molecule has 0 saturated heterocycles. The highest BCUT2D eigenvalue weighted by Gasteiger charge is 2.44. The maximum absolute atomic E-state index is 11.9. The molecular formula is C22H42O4Si2. The first kappa shape index (κ1) is 25.3. The van der Waals surface area contributed by atoms with Crippen molar-refractivity contribution in [2.75, 3.05) is 7.11 Å². The van der Waals surface area contributed by atoms with E-state index in [4.69, 9.17) is 13.6 Å². The zero-order chi connectivity index (χ0) is 22.1. The summed E-state index contributed by atoms with van der Waals surface area (Å²) in [6.45, 7) is 26.8. The second-order valence-electron chi connectivity index (χ2n) is 11.0. The maximum atomic E-state index is 11.9. The summed E-state index contributed by atoms with van der Waals surface area (Å²) in [5.74, 6) is -0.352. The van der Waals surface area contributed by atoms with E-state index in [0.717, 1.165) is 17.6 Å². The Hall–Kier alpha value is -0.696. The highest BCUT2D eigenvalue weighted by molar-refractivity contribution is 6.74. The summed E-state index contributed by atoms with van der Waals surface area (Å²) in [5.41, 5.74) is 1.79. The molecule has 0 aliphatic heterocycles. The minimum Gasteiger partial charge on any atom is -0.466 e. The third-order valence-electron chi connectivity index (χ3n) is 6.73. The van der Waals surface area contributed by atoms with E-state index in [9.17, 15) is 4.79 Å². The number of carbonyl (C=O) groups is 1. The SMILES string of the molecule is C=C1/C(=C\C(=O)OC)C[C@H](O[Si](C)(C)C(C)(C)C)C[C@@H]1O[Si](C)(C)C(C)(C)C. The Bertz CT molecular complexity index is 621. The van der Waals surface area contributed by atoms with Gasteiger partial charge in [0.25, 0.3) is 0 Å². The molecule has 2 atom stereocenters. The van der Waals surface area contributed by atoms with Gasteiger partial charge in [0.1, 0.15) is 0 Å². The van der Waals surface area contributed by atoms with Crippen LogP contribution < -0.4 is 0 Å². The molecule has 0 amide bonds. The lowest BCUT2D eigenvalue weighted by molar-refractivity contribution is -0.134. The molecular weight excluding hydrogens is 384 g/mol. The molecule has 1 fully saturated rings. The first-order chi connectivity index (χ1) is 12.4. The molecule has 0 aromatic rings.